The molecular weight excluding hydrogens is 454 g/mol. The van der Waals surface area contributed by atoms with E-state index in [4.69, 9.17) is 17.3 Å². The van der Waals surface area contributed by atoms with E-state index in [1.54, 1.807) is 17.0 Å². The Morgan fingerprint density at radius 1 is 0.971 bits per heavy atom. The number of pyridine rings is 2. The Morgan fingerprint density at radius 2 is 1.74 bits per heavy atom. The van der Waals surface area contributed by atoms with Crippen LogP contribution in [0.25, 0.3) is 33.2 Å². The van der Waals surface area contributed by atoms with E-state index in [1.165, 1.54) is 6.07 Å². The van der Waals surface area contributed by atoms with E-state index in [0.29, 0.717) is 35.7 Å². The lowest BCUT2D eigenvalue weighted by molar-refractivity contribution is 0.0787. The standard InChI is InChI=1S/C25H18ClN5O3/c26-18-19(27)24(33)21-13(23(18)32)7-8-16(29-21)22-20-14(12-5-1-2-6-15(12)28-20)11-17(30-22)25(34)31-9-3-4-10-31/h1-2,5-8,11,28H,3-4,9-10,27H2. The lowest BCUT2D eigenvalue weighted by Crippen LogP contribution is -2.28. The normalized spacial score (nSPS) is 16.1. The summed E-state index contributed by atoms with van der Waals surface area (Å²) in [6, 6.07) is 12.7. The molecule has 4 aromatic rings. The van der Waals surface area contributed by atoms with Gasteiger partial charge in [0.15, 0.2) is 0 Å². The summed E-state index contributed by atoms with van der Waals surface area (Å²) in [6.07, 6.45) is 1.93. The molecular formula is C25H18ClN5O3. The third-order valence-corrected chi connectivity index (χ3v) is 6.76. The van der Waals surface area contributed by atoms with Crippen LogP contribution in [0.4, 0.5) is 0 Å². The molecule has 1 aliphatic heterocycles. The van der Waals surface area contributed by atoms with Crippen LogP contribution in [0.2, 0.25) is 0 Å². The van der Waals surface area contributed by atoms with Gasteiger partial charge in [-0.2, -0.15) is 0 Å². The van der Waals surface area contributed by atoms with E-state index in [2.05, 4.69) is 15.0 Å². The molecule has 34 heavy (non-hydrogen) atoms. The Bertz CT molecular complexity index is 1600. The molecule has 168 valence electrons. The number of halogens is 1. The lowest BCUT2D eigenvalue weighted by atomic mass is 9.96. The minimum atomic E-state index is -0.612. The molecule has 0 atom stereocenters. The van der Waals surface area contributed by atoms with Crippen LogP contribution in [0.3, 0.4) is 0 Å². The van der Waals surface area contributed by atoms with Crippen molar-refractivity contribution >= 4 is 50.9 Å². The highest BCUT2D eigenvalue weighted by Gasteiger charge is 2.32. The van der Waals surface area contributed by atoms with E-state index in [1.807, 2.05) is 24.3 Å². The third kappa shape index (κ3) is 2.95. The van der Waals surface area contributed by atoms with E-state index in [9.17, 15) is 14.4 Å². The molecule has 1 aromatic carbocycles. The van der Waals surface area contributed by atoms with Crippen molar-refractivity contribution in [3.63, 3.8) is 0 Å². The molecule has 1 saturated heterocycles. The summed E-state index contributed by atoms with van der Waals surface area (Å²) in [4.78, 5) is 52.8. The molecule has 8 nitrogen and oxygen atoms in total. The number of aromatic amines is 1. The number of hydrogen-bond acceptors (Lipinski definition) is 6. The average molecular weight is 472 g/mol. The molecule has 3 aromatic heterocycles. The molecule has 0 bridgehead atoms. The van der Waals surface area contributed by atoms with Crippen molar-refractivity contribution in [1.29, 1.82) is 0 Å². The summed E-state index contributed by atoms with van der Waals surface area (Å²) in [7, 11) is 0. The zero-order valence-corrected chi connectivity index (χ0v) is 18.6. The van der Waals surface area contributed by atoms with Gasteiger partial charge in [0.1, 0.15) is 27.8 Å². The molecule has 3 N–H and O–H groups in total. The first-order valence-corrected chi connectivity index (χ1v) is 11.3. The molecule has 1 fully saturated rings. The Balaban J connectivity index is 1.59. The van der Waals surface area contributed by atoms with E-state index in [-0.39, 0.29) is 27.9 Å². The Hall–Kier alpha value is -4.04. The van der Waals surface area contributed by atoms with Gasteiger partial charge in [-0.05, 0) is 37.1 Å². The second-order valence-corrected chi connectivity index (χ2v) is 8.81. The number of hydrogen-bond donors (Lipinski definition) is 2. The number of allylic oxidation sites excluding steroid dienone is 2. The summed E-state index contributed by atoms with van der Waals surface area (Å²) in [5.74, 6) is -1.30. The number of fused-ring (bicyclic) bond motifs is 4. The van der Waals surface area contributed by atoms with Crippen LogP contribution in [0.5, 0.6) is 0 Å². The fourth-order valence-corrected chi connectivity index (χ4v) is 4.83. The molecule has 1 aliphatic carbocycles. The number of nitrogens with zero attached hydrogens (tertiary/aromatic N) is 3. The van der Waals surface area contributed by atoms with Crippen molar-refractivity contribution < 1.29 is 14.4 Å². The number of aromatic nitrogens is 3. The number of ketones is 2. The van der Waals surface area contributed by atoms with Crippen LogP contribution in [0, 0.1) is 0 Å². The topological polar surface area (TPSA) is 122 Å². The highest BCUT2D eigenvalue weighted by atomic mass is 35.5. The Labute approximate surface area is 198 Å². The lowest BCUT2D eigenvalue weighted by Gasteiger charge is -2.17. The summed E-state index contributed by atoms with van der Waals surface area (Å²) in [6.45, 7) is 1.39. The van der Waals surface area contributed by atoms with E-state index >= 15 is 0 Å². The van der Waals surface area contributed by atoms with Gasteiger partial charge in [0, 0.05) is 29.4 Å². The van der Waals surface area contributed by atoms with Crippen molar-refractivity contribution in [2.75, 3.05) is 13.1 Å². The van der Waals surface area contributed by atoms with E-state index in [0.717, 1.165) is 29.1 Å². The molecule has 1 amide bonds. The Morgan fingerprint density at radius 3 is 2.53 bits per heavy atom. The summed E-state index contributed by atoms with van der Waals surface area (Å²) in [5.41, 5.74) is 8.07. The number of rotatable bonds is 2. The van der Waals surface area contributed by atoms with Crippen LogP contribution >= 0.6 is 11.6 Å². The minimum absolute atomic E-state index is 0.0771. The van der Waals surface area contributed by atoms with Gasteiger partial charge in [-0.25, -0.2) is 9.97 Å². The molecule has 0 saturated carbocycles. The molecule has 0 spiro atoms. The number of para-hydroxylation sites is 1. The largest absolute Gasteiger partial charge is 0.394 e. The number of likely N-dealkylation sites (tertiary alicyclic amines) is 1. The van der Waals surface area contributed by atoms with Crippen LogP contribution in [0.1, 0.15) is 44.2 Å². The van der Waals surface area contributed by atoms with Gasteiger partial charge in [-0.15, -0.1) is 0 Å². The van der Waals surface area contributed by atoms with Crippen LogP contribution in [-0.2, 0) is 0 Å². The van der Waals surface area contributed by atoms with Crippen molar-refractivity contribution in [1.82, 2.24) is 19.9 Å². The number of H-pyrrole nitrogens is 1. The first-order valence-electron chi connectivity index (χ1n) is 10.9. The molecule has 9 heteroatoms. The monoisotopic (exact) mass is 471 g/mol. The third-order valence-electron chi connectivity index (χ3n) is 6.39. The number of nitrogens with two attached hydrogens (primary N) is 1. The molecule has 2 aliphatic rings. The first kappa shape index (κ1) is 20.6. The quantitative estimate of drug-likeness (QED) is 0.458. The maximum atomic E-state index is 13.2. The van der Waals surface area contributed by atoms with Crippen molar-refractivity contribution in [2.45, 2.75) is 12.8 Å². The van der Waals surface area contributed by atoms with Crippen LogP contribution < -0.4 is 5.73 Å². The van der Waals surface area contributed by atoms with Crippen molar-refractivity contribution in [3.8, 4) is 11.4 Å². The SMILES string of the molecule is NC1=C(Cl)C(=O)c2ccc(-c3nc(C(=O)N4CCCC4)cc4c3[nH]c3ccccc34)nc2C1=O. The smallest absolute Gasteiger partial charge is 0.272 e. The zero-order valence-electron chi connectivity index (χ0n) is 17.9. The van der Waals surface area contributed by atoms with Crippen LogP contribution in [-0.4, -0.2) is 50.4 Å². The van der Waals surface area contributed by atoms with Gasteiger partial charge >= 0.3 is 0 Å². The predicted octanol–water partition coefficient (Wildman–Crippen LogP) is 3.80. The number of carbonyl (C=O) groups excluding carboxylic acids is 3. The average Bonchev–Trinajstić information content (AvgIpc) is 3.53. The Kier molecular flexibility index (Phi) is 4.53. The van der Waals surface area contributed by atoms with Gasteiger partial charge in [-0.1, -0.05) is 29.8 Å². The summed E-state index contributed by atoms with van der Waals surface area (Å²) >= 11 is 5.94. The molecule has 4 heterocycles. The number of benzene rings is 1. The fourth-order valence-electron chi connectivity index (χ4n) is 4.64. The fraction of sp³-hybridized carbons (Fsp3) is 0.160. The second-order valence-electron chi connectivity index (χ2n) is 8.43. The number of amides is 1. The van der Waals surface area contributed by atoms with E-state index < -0.39 is 11.6 Å². The highest BCUT2D eigenvalue weighted by molar-refractivity contribution is 6.49. The molecule has 0 radical (unpaired) electrons. The van der Waals surface area contributed by atoms with Gasteiger partial charge < -0.3 is 15.6 Å². The predicted molar refractivity (Wildman–Crippen MR) is 128 cm³/mol. The summed E-state index contributed by atoms with van der Waals surface area (Å²) in [5, 5.41) is 1.47. The highest BCUT2D eigenvalue weighted by Crippen LogP contribution is 2.34. The van der Waals surface area contributed by atoms with Crippen LogP contribution in [0.15, 0.2) is 53.2 Å². The van der Waals surface area contributed by atoms with Crippen molar-refractivity contribution in [2.24, 2.45) is 5.73 Å². The summed E-state index contributed by atoms with van der Waals surface area (Å²) < 4.78 is 0. The van der Waals surface area contributed by atoms with Gasteiger partial charge in [-0.3, -0.25) is 14.4 Å². The number of carbonyl (C=O) groups is 3. The first-order chi connectivity index (χ1) is 16.4. The second kappa shape index (κ2) is 7.50. The molecule has 6 rings (SSSR count). The van der Waals surface area contributed by atoms with Gasteiger partial charge in [0.25, 0.3) is 5.91 Å². The van der Waals surface area contributed by atoms with Gasteiger partial charge in [0.05, 0.1) is 16.8 Å². The number of Topliss-reactive ketones (excluding diaryl/α,β-unsaturated/α-hetero) is 2. The maximum absolute atomic E-state index is 13.2. The zero-order chi connectivity index (χ0) is 23.6. The van der Waals surface area contributed by atoms with Gasteiger partial charge in [0.2, 0.25) is 11.6 Å². The number of nitrogens with one attached hydrogen (secondary N) is 1. The van der Waals surface area contributed by atoms with Crippen molar-refractivity contribution in [3.05, 3.63) is 70.1 Å². The maximum Gasteiger partial charge on any atom is 0.272 e. The molecule has 0 unspecified atom stereocenters. The minimum Gasteiger partial charge on any atom is -0.394 e.